The molecule has 7 heteroatoms. The maximum atomic E-state index is 9.80. The van der Waals surface area contributed by atoms with E-state index in [0.717, 1.165) is 41.9 Å². The van der Waals surface area contributed by atoms with E-state index < -0.39 is 0 Å². The second-order valence-electron chi connectivity index (χ2n) is 4.55. The summed E-state index contributed by atoms with van der Waals surface area (Å²) in [7, 11) is 0. The van der Waals surface area contributed by atoms with Crippen molar-refractivity contribution in [2.45, 2.75) is 0 Å². The first kappa shape index (κ1) is 15.9. The Hall–Kier alpha value is -1.50. The zero-order chi connectivity index (χ0) is 13.9. The highest BCUT2D eigenvalue weighted by molar-refractivity contribution is 8.18. The van der Waals surface area contributed by atoms with Gasteiger partial charge >= 0.3 is 5.17 Å². The van der Waals surface area contributed by atoms with Crippen LogP contribution in [0.1, 0.15) is 5.56 Å². The topological polar surface area (TPSA) is 70.8 Å². The lowest BCUT2D eigenvalue weighted by Crippen LogP contribution is -3.00. The standard InChI is InChI=1S/C14H15N3O2S.ClH/c15-13-12(9-10-3-1-2-4-11(10)18)20-14(16-13)17-5-7-19-8-6-17;/h1-4,9H,5-8H2,(H2,15,18);1H. The summed E-state index contributed by atoms with van der Waals surface area (Å²) in [6.07, 6.45) is 1.87. The van der Waals surface area contributed by atoms with Gasteiger partial charge in [0.05, 0.1) is 18.1 Å². The van der Waals surface area contributed by atoms with Gasteiger partial charge in [0.1, 0.15) is 18.8 Å². The van der Waals surface area contributed by atoms with Gasteiger partial charge in [-0.3, -0.25) is 0 Å². The van der Waals surface area contributed by atoms with E-state index in [1.165, 1.54) is 11.8 Å². The van der Waals surface area contributed by atoms with Crippen LogP contribution in [0.4, 0.5) is 0 Å². The summed E-state index contributed by atoms with van der Waals surface area (Å²) < 4.78 is 7.51. The number of nitrogens with two attached hydrogens (primary N) is 1. The minimum atomic E-state index is 0. The van der Waals surface area contributed by atoms with Gasteiger partial charge in [0.15, 0.2) is 0 Å². The van der Waals surface area contributed by atoms with E-state index in [9.17, 15) is 5.11 Å². The number of halogens is 1. The van der Waals surface area contributed by atoms with E-state index in [1.807, 2.05) is 18.2 Å². The number of rotatable bonds is 1. The number of phenols is 1. The molecule has 112 valence electrons. The summed E-state index contributed by atoms with van der Waals surface area (Å²) in [5.41, 5.74) is 6.72. The van der Waals surface area contributed by atoms with E-state index >= 15 is 0 Å². The summed E-state index contributed by atoms with van der Waals surface area (Å²) in [4.78, 5) is 5.28. The number of phenolic OH excluding ortho intramolecular Hbond substituents is 1. The summed E-state index contributed by atoms with van der Waals surface area (Å²) >= 11 is 1.54. The molecule has 2 aliphatic heterocycles. The van der Waals surface area contributed by atoms with Crippen LogP contribution in [0, 0.1) is 0 Å². The lowest BCUT2D eigenvalue weighted by molar-refractivity contribution is -0.547. The molecule has 0 unspecified atom stereocenters. The van der Waals surface area contributed by atoms with Gasteiger partial charge in [-0.2, -0.15) is 0 Å². The fourth-order valence-electron chi connectivity index (χ4n) is 2.08. The third-order valence-corrected chi connectivity index (χ3v) is 4.25. The van der Waals surface area contributed by atoms with Crippen LogP contribution >= 0.6 is 11.8 Å². The Balaban J connectivity index is 0.00000161. The minimum absolute atomic E-state index is 0. The number of aliphatic imine (C=N–C) groups is 1. The Morgan fingerprint density at radius 1 is 1.29 bits per heavy atom. The number of aromatic hydroxyl groups is 1. The molecule has 1 aromatic carbocycles. The molecule has 1 fully saturated rings. The van der Waals surface area contributed by atoms with E-state index in [2.05, 4.69) is 9.57 Å². The van der Waals surface area contributed by atoms with Crippen molar-refractivity contribution < 1.29 is 26.8 Å². The lowest BCUT2D eigenvalue weighted by atomic mass is 10.2. The maximum absolute atomic E-state index is 9.80. The molecule has 21 heavy (non-hydrogen) atoms. The Morgan fingerprint density at radius 3 is 2.71 bits per heavy atom. The van der Waals surface area contributed by atoms with Crippen LogP contribution < -0.4 is 18.1 Å². The maximum Gasteiger partial charge on any atom is 0.362 e. The molecule has 5 nitrogen and oxygen atoms in total. The molecule has 0 amide bonds. The van der Waals surface area contributed by atoms with Crippen LogP contribution in [0.25, 0.3) is 6.08 Å². The monoisotopic (exact) mass is 325 g/mol. The number of amidine groups is 2. The molecule has 0 radical (unpaired) electrons. The average molecular weight is 326 g/mol. The molecule has 0 bridgehead atoms. The number of hydrogen-bond acceptors (Lipinski definition) is 4. The Labute approximate surface area is 133 Å². The van der Waals surface area contributed by atoms with Crippen molar-refractivity contribution in [1.29, 1.82) is 0 Å². The third-order valence-electron chi connectivity index (χ3n) is 3.17. The highest BCUT2D eigenvalue weighted by atomic mass is 35.5. The van der Waals surface area contributed by atoms with Crippen LogP contribution in [0.2, 0.25) is 0 Å². The summed E-state index contributed by atoms with van der Waals surface area (Å²) in [5, 5.41) is 10.7. The van der Waals surface area contributed by atoms with Crippen molar-refractivity contribution in [3.05, 3.63) is 34.7 Å². The number of ether oxygens (including phenoxy) is 1. The summed E-state index contributed by atoms with van der Waals surface area (Å²) in [6, 6.07) is 7.18. The van der Waals surface area contributed by atoms with Crippen molar-refractivity contribution in [2.75, 3.05) is 26.3 Å². The number of hydrogen-bond donors (Lipinski definition) is 2. The Morgan fingerprint density at radius 2 is 2.00 bits per heavy atom. The molecule has 2 heterocycles. The molecule has 1 aromatic rings. The molecule has 3 N–H and O–H groups in total. The van der Waals surface area contributed by atoms with Crippen LogP contribution in [0.15, 0.2) is 34.2 Å². The van der Waals surface area contributed by atoms with Crippen LogP contribution in [0.5, 0.6) is 5.75 Å². The van der Waals surface area contributed by atoms with Gasteiger partial charge in [0.25, 0.3) is 5.84 Å². The van der Waals surface area contributed by atoms with Gasteiger partial charge in [-0.1, -0.05) is 18.2 Å². The fraction of sp³-hybridized carbons (Fsp3) is 0.286. The van der Waals surface area contributed by atoms with Gasteiger partial charge in [-0.25, -0.2) is 4.58 Å². The third kappa shape index (κ3) is 3.58. The molecule has 0 aliphatic carbocycles. The fourth-order valence-corrected chi connectivity index (χ4v) is 3.06. The molecule has 2 aliphatic rings. The first-order valence-electron chi connectivity index (χ1n) is 6.46. The zero-order valence-corrected chi connectivity index (χ0v) is 12.9. The van der Waals surface area contributed by atoms with Crippen molar-refractivity contribution in [1.82, 2.24) is 0 Å². The molecule has 1 saturated heterocycles. The smallest absolute Gasteiger partial charge is 0.362 e. The summed E-state index contributed by atoms with van der Waals surface area (Å²) in [6.45, 7) is 3.11. The summed E-state index contributed by atoms with van der Waals surface area (Å²) in [5.74, 6) is 0.743. The van der Waals surface area contributed by atoms with Gasteiger partial charge in [-0.05, 0) is 17.1 Å². The van der Waals surface area contributed by atoms with E-state index in [0.29, 0.717) is 5.84 Å². The van der Waals surface area contributed by atoms with E-state index in [-0.39, 0.29) is 18.2 Å². The Bertz CT molecular complexity index is 620. The highest BCUT2D eigenvalue weighted by Crippen LogP contribution is 2.30. The molecule has 0 aromatic heterocycles. The van der Waals surface area contributed by atoms with Crippen LogP contribution in [-0.2, 0) is 4.74 Å². The molecule has 3 rings (SSSR count). The number of nitrogens with zero attached hydrogens (tertiary/aromatic N) is 2. The van der Waals surface area contributed by atoms with E-state index in [4.69, 9.17) is 10.5 Å². The normalized spacial score (nSPS) is 20.4. The highest BCUT2D eigenvalue weighted by Gasteiger charge is 2.30. The van der Waals surface area contributed by atoms with Gasteiger partial charge in [0, 0.05) is 17.3 Å². The van der Waals surface area contributed by atoms with Crippen LogP contribution in [0.3, 0.4) is 0 Å². The zero-order valence-electron chi connectivity index (χ0n) is 11.3. The molecular formula is C14H16ClN3O2S. The predicted octanol–water partition coefficient (Wildman–Crippen LogP) is -1.76. The van der Waals surface area contributed by atoms with Gasteiger partial charge in [-0.15, -0.1) is 0 Å². The number of thioether (sulfide) groups is 1. The quantitative estimate of drug-likeness (QED) is 0.600. The predicted molar refractivity (Wildman–Crippen MR) is 81.1 cm³/mol. The first-order chi connectivity index (χ1) is 9.74. The van der Waals surface area contributed by atoms with Crippen molar-refractivity contribution in [3.63, 3.8) is 0 Å². The second kappa shape index (κ2) is 6.98. The molecule has 0 saturated carbocycles. The average Bonchev–Trinajstić information content (AvgIpc) is 2.84. The SMILES string of the molecule is NC1=NC(=[N+]2CCOCC2)SC1=Cc1ccccc1O.[Cl-]. The van der Waals surface area contributed by atoms with E-state index in [1.54, 1.807) is 12.1 Å². The van der Waals surface area contributed by atoms with Gasteiger partial charge < -0.3 is 28.0 Å². The molecule has 0 spiro atoms. The first-order valence-corrected chi connectivity index (χ1v) is 7.27. The lowest BCUT2D eigenvalue weighted by Gasteiger charge is -2.13. The Kier molecular flexibility index (Phi) is 5.27. The number of morpholine rings is 1. The van der Waals surface area contributed by atoms with Crippen molar-refractivity contribution in [2.24, 2.45) is 10.7 Å². The number of benzene rings is 1. The largest absolute Gasteiger partial charge is 1.00 e. The molecule has 0 atom stereocenters. The second-order valence-corrected chi connectivity index (χ2v) is 5.56. The minimum Gasteiger partial charge on any atom is -1.00 e. The van der Waals surface area contributed by atoms with Crippen LogP contribution in [-0.4, -0.2) is 47.0 Å². The number of para-hydroxylation sites is 1. The van der Waals surface area contributed by atoms with Crippen molar-refractivity contribution >= 4 is 28.8 Å². The van der Waals surface area contributed by atoms with Gasteiger partial charge in [0.2, 0.25) is 0 Å². The molecular weight excluding hydrogens is 310 g/mol. The van der Waals surface area contributed by atoms with Crippen molar-refractivity contribution in [3.8, 4) is 5.75 Å².